The highest BCUT2D eigenvalue weighted by atomic mass is 32.1. The van der Waals surface area contributed by atoms with E-state index in [-0.39, 0.29) is 12.5 Å². The zero-order valence-corrected chi connectivity index (χ0v) is 11.6. The van der Waals surface area contributed by atoms with E-state index in [0.29, 0.717) is 16.0 Å². The molecule has 7 nitrogen and oxygen atoms in total. The van der Waals surface area contributed by atoms with E-state index < -0.39 is 0 Å². The number of nitrogens with one attached hydrogen (secondary N) is 2. The molecular weight excluding hydrogens is 266 g/mol. The molecule has 0 spiro atoms. The third kappa shape index (κ3) is 3.50. The standard InChI is InChI=1S/C11H15N5O2S/c1-3-7-5-13-8(18-7)6-14-9(17)10-15-16-11(19-10)12-4-2/h5H,3-4,6H2,1-2H3,(H,12,16)(H,14,17). The Morgan fingerprint density at radius 3 is 2.95 bits per heavy atom. The molecule has 0 radical (unpaired) electrons. The van der Waals surface area contributed by atoms with Crippen LogP contribution in [0.15, 0.2) is 10.6 Å². The number of aryl methyl sites for hydroxylation is 1. The summed E-state index contributed by atoms with van der Waals surface area (Å²) in [5.74, 6) is 1.01. The van der Waals surface area contributed by atoms with E-state index in [9.17, 15) is 4.79 Å². The highest BCUT2D eigenvalue weighted by Gasteiger charge is 2.13. The SMILES string of the molecule is CCNc1nnc(C(=O)NCc2ncc(CC)o2)s1. The number of rotatable bonds is 6. The fourth-order valence-electron chi connectivity index (χ4n) is 1.36. The molecule has 2 heterocycles. The molecule has 8 heteroatoms. The van der Waals surface area contributed by atoms with Crippen LogP contribution in [-0.2, 0) is 13.0 Å². The number of aromatic nitrogens is 3. The number of carbonyl (C=O) groups is 1. The van der Waals surface area contributed by atoms with Crippen molar-refractivity contribution in [1.82, 2.24) is 20.5 Å². The van der Waals surface area contributed by atoms with Crippen molar-refractivity contribution in [3.8, 4) is 0 Å². The average molecular weight is 281 g/mol. The van der Waals surface area contributed by atoms with Crippen molar-refractivity contribution < 1.29 is 9.21 Å². The van der Waals surface area contributed by atoms with Crippen LogP contribution < -0.4 is 10.6 Å². The van der Waals surface area contributed by atoms with Crippen molar-refractivity contribution in [3.05, 3.63) is 22.9 Å². The summed E-state index contributed by atoms with van der Waals surface area (Å²) in [7, 11) is 0. The van der Waals surface area contributed by atoms with Gasteiger partial charge in [0.1, 0.15) is 5.76 Å². The van der Waals surface area contributed by atoms with Crippen molar-refractivity contribution in [1.29, 1.82) is 0 Å². The Hall–Kier alpha value is -1.96. The Kier molecular flexibility index (Phi) is 4.45. The van der Waals surface area contributed by atoms with E-state index in [1.807, 2.05) is 13.8 Å². The number of oxazole rings is 1. The second-order valence-corrected chi connectivity index (χ2v) is 4.68. The molecule has 0 saturated heterocycles. The molecule has 0 aliphatic rings. The van der Waals surface area contributed by atoms with Gasteiger partial charge in [-0.1, -0.05) is 18.3 Å². The van der Waals surface area contributed by atoms with E-state index in [0.717, 1.165) is 18.7 Å². The van der Waals surface area contributed by atoms with Gasteiger partial charge in [0.15, 0.2) is 0 Å². The predicted molar refractivity (Wildman–Crippen MR) is 71.1 cm³/mol. The van der Waals surface area contributed by atoms with Gasteiger partial charge in [-0.25, -0.2) is 4.98 Å². The molecule has 1 amide bonds. The lowest BCUT2D eigenvalue weighted by Crippen LogP contribution is -2.22. The molecule has 0 bridgehead atoms. The van der Waals surface area contributed by atoms with Crippen molar-refractivity contribution in [3.63, 3.8) is 0 Å². The van der Waals surface area contributed by atoms with Crippen LogP contribution in [0.1, 0.15) is 35.3 Å². The molecule has 2 aromatic heterocycles. The van der Waals surface area contributed by atoms with Crippen LogP contribution in [0.2, 0.25) is 0 Å². The predicted octanol–water partition coefficient (Wildman–Crippen LogP) is 1.45. The van der Waals surface area contributed by atoms with Gasteiger partial charge in [0.2, 0.25) is 16.0 Å². The van der Waals surface area contributed by atoms with Gasteiger partial charge in [0.05, 0.1) is 12.7 Å². The Bertz CT molecular complexity index is 551. The molecule has 2 rings (SSSR count). The normalized spacial score (nSPS) is 10.4. The van der Waals surface area contributed by atoms with Crippen molar-refractivity contribution in [2.24, 2.45) is 0 Å². The number of anilines is 1. The number of nitrogens with zero attached hydrogens (tertiary/aromatic N) is 3. The lowest BCUT2D eigenvalue weighted by molar-refractivity contribution is 0.0946. The first-order valence-electron chi connectivity index (χ1n) is 6.02. The van der Waals surface area contributed by atoms with Gasteiger partial charge in [-0.2, -0.15) is 0 Å². The molecule has 2 aromatic rings. The molecule has 19 heavy (non-hydrogen) atoms. The van der Waals surface area contributed by atoms with Crippen LogP contribution in [0.3, 0.4) is 0 Å². The first-order valence-corrected chi connectivity index (χ1v) is 6.83. The van der Waals surface area contributed by atoms with Gasteiger partial charge >= 0.3 is 0 Å². The fraction of sp³-hybridized carbons (Fsp3) is 0.455. The van der Waals surface area contributed by atoms with Crippen LogP contribution in [0, 0.1) is 0 Å². The van der Waals surface area contributed by atoms with E-state index in [4.69, 9.17) is 4.42 Å². The van der Waals surface area contributed by atoms with Crippen LogP contribution >= 0.6 is 11.3 Å². The van der Waals surface area contributed by atoms with Gasteiger partial charge in [0.25, 0.3) is 5.91 Å². The Balaban J connectivity index is 1.89. The van der Waals surface area contributed by atoms with Crippen LogP contribution in [0.5, 0.6) is 0 Å². The smallest absolute Gasteiger partial charge is 0.282 e. The quantitative estimate of drug-likeness (QED) is 0.832. The molecule has 0 aliphatic carbocycles. The van der Waals surface area contributed by atoms with E-state index in [2.05, 4.69) is 25.8 Å². The maximum absolute atomic E-state index is 11.8. The highest BCUT2D eigenvalue weighted by molar-refractivity contribution is 7.17. The molecular formula is C11H15N5O2S. The molecule has 0 saturated carbocycles. The second-order valence-electron chi connectivity index (χ2n) is 3.70. The van der Waals surface area contributed by atoms with Gasteiger partial charge in [0, 0.05) is 13.0 Å². The van der Waals surface area contributed by atoms with Crippen molar-refractivity contribution in [2.45, 2.75) is 26.8 Å². The van der Waals surface area contributed by atoms with Crippen LogP contribution in [0.4, 0.5) is 5.13 Å². The number of hydrogen-bond acceptors (Lipinski definition) is 7. The second kappa shape index (κ2) is 6.28. The summed E-state index contributed by atoms with van der Waals surface area (Å²) >= 11 is 1.21. The first-order chi connectivity index (χ1) is 9.22. The largest absolute Gasteiger partial charge is 0.444 e. The van der Waals surface area contributed by atoms with Gasteiger partial charge < -0.3 is 15.1 Å². The Morgan fingerprint density at radius 1 is 1.42 bits per heavy atom. The average Bonchev–Trinajstić information content (AvgIpc) is 3.05. The van der Waals surface area contributed by atoms with Crippen LogP contribution in [0.25, 0.3) is 0 Å². The summed E-state index contributed by atoms with van der Waals surface area (Å²) in [5.41, 5.74) is 0. The summed E-state index contributed by atoms with van der Waals surface area (Å²) in [5, 5.41) is 14.3. The minimum absolute atomic E-state index is 0.245. The molecule has 0 unspecified atom stereocenters. The maximum atomic E-state index is 11.8. The van der Waals surface area contributed by atoms with Gasteiger partial charge in [-0.15, -0.1) is 10.2 Å². The Labute approximate surface area is 114 Å². The van der Waals surface area contributed by atoms with Crippen molar-refractivity contribution in [2.75, 3.05) is 11.9 Å². The van der Waals surface area contributed by atoms with E-state index in [1.165, 1.54) is 11.3 Å². The fourth-order valence-corrected chi connectivity index (χ4v) is 2.09. The summed E-state index contributed by atoms with van der Waals surface area (Å²) in [6.45, 7) is 4.92. The number of hydrogen-bond donors (Lipinski definition) is 2. The molecule has 0 aromatic carbocycles. The lowest BCUT2D eigenvalue weighted by Gasteiger charge is -1.98. The number of carbonyl (C=O) groups excluding carboxylic acids is 1. The first kappa shape index (κ1) is 13.5. The summed E-state index contributed by atoms with van der Waals surface area (Å²) in [6.07, 6.45) is 2.44. The van der Waals surface area contributed by atoms with Crippen molar-refractivity contribution >= 4 is 22.4 Å². The molecule has 0 atom stereocenters. The van der Waals surface area contributed by atoms with E-state index in [1.54, 1.807) is 6.20 Å². The lowest BCUT2D eigenvalue weighted by atomic mass is 10.4. The monoisotopic (exact) mass is 281 g/mol. The van der Waals surface area contributed by atoms with Crippen LogP contribution in [-0.4, -0.2) is 27.6 Å². The van der Waals surface area contributed by atoms with Gasteiger partial charge in [-0.3, -0.25) is 4.79 Å². The summed E-state index contributed by atoms with van der Waals surface area (Å²) in [4.78, 5) is 15.9. The molecule has 102 valence electrons. The maximum Gasteiger partial charge on any atom is 0.282 e. The minimum atomic E-state index is -0.280. The van der Waals surface area contributed by atoms with Gasteiger partial charge in [-0.05, 0) is 6.92 Å². The zero-order valence-electron chi connectivity index (χ0n) is 10.8. The zero-order chi connectivity index (χ0) is 13.7. The van der Waals surface area contributed by atoms with E-state index >= 15 is 0 Å². The highest BCUT2D eigenvalue weighted by Crippen LogP contribution is 2.14. The summed E-state index contributed by atoms with van der Waals surface area (Å²) < 4.78 is 5.39. The molecule has 0 aliphatic heterocycles. The molecule has 2 N–H and O–H groups in total. The topological polar surface area (TPSA) is 92.9 Å². The summed E-state index contributed by atoms with van der Waals surface area (Å²) in [6, 6.07) is 0. The Morgan fingerprint density at radius 2 is 2.26 bits per heavy atom. The minimum Gasteiger partial charge on any atom is -0.444 e. The third-order valence-electron chi connectivity index (χ3n) is 2.30. The third-order valence-corrected chi connectivity index (χ3v) is 3.18. The number of amides is 1. The molecule has 0 fully saturated rings.